The van der Waals surface area contributed by atoms with Crippen molar-refractivity contribution in [2.75, 3.05) is 23.3 Å². The Hall–Kier alpha value is -1.32. The second-order valence-electron chi connectivity index (χ2n) is 5.23. The number of nitrogens with zero attached hydrogens (tertiary/aromatic N) is 3. The highest BCUT2D eigenvalue weighted by molar-refractivity contribution is 5.59. The Bertz CT molecular complexity index is 401. The zero-order chi connectivity index (χ0) is 13.7. The van der Waals surface area contributed by atoms with E-state index in [1.165, 1.54) is 24.8 Å². The van der Waals surface area contributed by atoms with Gasteiger partial charge in [0.1, 0.15) is 18.0 Å². The minimum atomic E-state index is 0.708. The van der Waals surface area contributed by atoms with E-state index in [0.717, 1.165) is 37.6 Å². The number of rotatable bonds is 8. The predicted octanol–water partition coefficient (Wildman–Crippen LogP) is 3.24. The molecule has 4 heteroatoms. The summed E-state index contributed by atoms with van der Waals surface area (Å²) in [6.45, 7) is 8.58. The summed E-state index contributed by atoms with van der Waals surface area (Å²) in [7, 11) is 0. The molecule has 1 N–H and O–H groups in total. The second kappa shape index (κ2) is 6.73. The zero-order valence-electron chi connectivity index (χ0n) is 12.4. The molecular formula is C15H26N4. The molecule has 2 rings (SSSR count). The van der Waals surface area contributed by atoms with Crippen LogP contribution in [0.15, 0.2) is 6.33 Å². The van der Waals surface area contributed by atoms with Crippen molar-refractivity contribution in [1.82, 2.24) is 9.97 Å². The number of hydrogen-bond acceptors (Lipinski definition) is 4. The number of anilines is 2. The lowest BCUT2D eigenvalue weighted by molar-refractivity contribution is 0.737. The molecule has 0 saturated heterocycles. The first kappa shape index (κ1) is 14.1. The highest BCUT2D eigenvalue weighted by Gasteiger charge is 2.31. The fourth-order valence-electron chi connectivity index (χ4n) is 2.54. The van der Waals surface area contributed by atoms with E-state index >= 15 is 0 Å². The summed E-state index contributed by atoms with van der Waals surface area (Å²) in [5, 5.41) is 3.38. The maximum Gasteiger partial charge on any atom is 0.137 e. The second-order valence-corrected chi connectivity index (χ2v) is 5.23. The van der Waals surface area contributed by atoms with E-state index in [2.05, 4.69) is 41.0 Å². The molecular weight excluding hydrogens is 236 g/mol. The van der Waals surface area contributed by atoms with Crippen molar-refractivity contribution in [3.8, 4) is 0 Å². The number of nitrogens with one attached hydrogen (secondary N) is 1. The molecule has 106 valence electrons. The molecule has 0 radical (unpaired) electrons. The van der Waals surface area contributed by atoms with E-state index in [1.54, 1.807) is 6.33 Å². The van der Waals surface area contributed by atoms with Crippen LogP contribution in [-0.2, 0) is 6.42 Å². The van der Waals surface area contributed by atoms with Crippen LogP contribution in [0.25, 0.3) is 0 Å². The maximum atomic E-state index is 4.60. The van der Waals surface area contributed by atoms with Gasteiger partial charge in [0.2, 0.25) is 0 Å². The van der Waals surface area contributed by atoms with Crippen LogP contribution < -0.4 is 10.2 Å². The van der Waals surface area contributed by atoms with Crippen LogP contribution >= 0.6 is 0 Å². The molecule has 0 bridgehead atoms. The van der Waals surface area contributed by atoms with E-state index in [9.17, 15) is 0 Å². The average molecular weight is 262 g/mol. The van der Waals surface area contributed by atoms with Crippen molar-refractivity contribution in [2.45, 2.75) is 58.9 Å². The molecule has 0 aliphatic heterocycles. The molecule has 0 aromatic carbocycles. The molecule has 0 amide bonds. The third kappa shape index (κ3) is 3.37. The third-order valence-electron chi connectivity index (χ3n) is 3.49. The molecule has 0 atom stereocenters. The summed E-state index contributed by atoms with van der Waals surface area (Å²) in [4.78, 5) is 11.5. The van der Waals surface area contributed by atoms with Crippen molar-refractivity contribution in [3.63, 3.8) is 0 Å². The van der Waals surface area contributed by atoms with Gasteiger partial charge in [0, 0.05) is 24.7 Å². The Morgan fingerprint density at radius 1 is 1.21 bits per heavy atom. The highest BCUT2D eigenvalue weighted by Crippen LogP contribution is 2.34. The molecule has 0 unspecified atom stereocenters. The van der Waals surface area contributed by atoms with Gasteiger partial charge >= 0.3 is 0 Å². The first-order chi connectivity index (χ1) is 9.31. The smallest absolute Gasteiger partial charge is 0.137 e. The summed E-state index contributed by atoms with van der Waals surface area (Å²) in [5.74, 6) is 2.19. The van der Waals surface area contributed by atoms with Gasteiger partial charge in [-0.05, 0) is 32.6 Å². The highest BCUT2D eigenvalue weighted by atomic mass is 15.2. The Balaban J connectivity index is 2.32. The molecule has 1 heterocycles. The third-order valence-corrected chi connectivity index (χ3v) is 3.49. The van der Waals surface area contributed by atoms with Crippen LogP contribution in [0.2, 0.25) is 0 Å². The van der Waals surface area contributed by atoms with E-state index in [0.29, 0.717) is 6.04 Å². The summed E-state index contributed by atoms with van der Waals surface area (Å²) in [6, 6.07) is 0.708. The fourth-order valence-corrected chi connectivity index (χ4v) is 2.54. The minimum Gasteiger partial charge on any atom is -0.370 e. The largest absolute Gasteiger partial charge is 0.370 e. The lowest BCUT2D eigenvalue weighted by Gasteiger charge is -2.26. The summed E-state index contributed by atoms with van der Waals surface area (Å²) in [5.41, 5.74) is 1.30. The predicted molar refractivity (Wildman–Crippen MR) is 80.8 cm³/mol. The van der Waals surface area contributed by atoms with Gasteiger partial charge in [-0.15, -0.1) is 0 Å². The van der Waals surface area contributed by atoms with Crippen molar-refractivity contribution >= 4 is 11.6 Å². The standard InChI is InChI=1S/C15H26N4/c1-4-7-13-14(16-6-3)17-11-18-15(13)19(10-5-2)12-8-9-12/h11-12H,4-10H2,1-3H3,(H,16,17,18). The van der Waals surface area contributed by atoms with Gasteiger partial charge < -0.3 is 10.2 Å². The van der Waals surface area contributed by atoms with Gasteiger partial charge in [0.05, 0.1) is 0 Å². The molecule has 1 aromatic rings. The Morgan fingerprint density at radius 2 is 2.00 bits per heavy atom. The average Bonchev–Trinajstić information content (AvgIpc) is 3.23. The van der Waals surface area contributed by atoms with Gasteiger partial charge in [-0.25, -0.2) is 9.97 Å². The topological polar surface area (TPSA) is 41.1 Å². The van der Waals surface area contributed by atoms with Crippen LogP contribution in [0, 0.1) is 0 Å². The summed E-state index contributed by atoms with van der Waals surface area (Å²) in [6.07, 6.45) is 7.67. The molecule has 1 aromatic heterocycles. The van der Waals surface area contributed by atoms with E-state index in [4.69, 9.17) is 0 Å². The first-order valence-electron chi connectivity index (χ1n) is 7.66. The van der Waals surface area contributed by atoms with Gasteiger partial charge in [-0.1, -0.05) is 20.3 Å². The lowest BCUT2D eigenvalue weighted by atomic mass is 10.1. The summed E-state index contributed by atoms with van der Waals surface area (Å²) < 4.78 is 0. The van der Waals surface area contributed by atoms with Gasteiger partial charge in [0.15, 0.2) is 0 Å². The lowest BCUT2D eigenvalue weighted by Crippen LogP contribution is -2.29. The van der Waals surface area contributed by atoms with Crippen molar-refractivity contribution < 1.29 is 0 Å². The van der Waals surface area contributed by atoms with E-state index < -0.39 is 0 Å². The fraction of sp³-hybridized carbons (Fsp3) is 0.733. The monoisotopic (exact) mass is 262 g/mol. The summed E-state index contributed by atoms with van der Waals surface area (Å²) >= 11 is 0. The van der Waals surface area contributed by atoms with Crippen molar-refractivity contribution in [2.24, 2.45) is 0 Å². The van der Waals surface area contributed by atoms with Crippen molar-refractivity contribution in [3.05, 3.63) is 11.9 Å². The van der Waals surface area contributed by atoms with Gasteiger partial charge in [-0.3, -0.25) is 0 Å². The quantitative estimate of drug-likeness (QED) is 0.781. The van der Waals surface area contributed by atoms with Gasteiger partial charge in [-0.2, -0.15) is 0 Å². The van der Waals surface area contributed by atoms with Crippen LogP contribution in [-0.4, -0.2) is 29.1 Å². The zero-order valence-corrected chi connectivity index (χ0v) is 12.4. The molecule has 1 aliphatic rings. The molecule has 1 saturated carbocycles. The van der Waals surface area contributed by atoms with Crippen LogP contribution in [0.5, 0.6) is 0 Å². The first-order valence-corrected chi connectivity index (χ1v) is 7.66. The molecule has 1 fully saturated rings. The van der Waals surface area contributed by atoms with Gasteiger partial charge in [0.25, 0.3) is 0 Å². The normalized spacial score (nSPS) is 14.5. The molecule has 1 aliphatic carbocycles. The number of hydrogen-bond donors (Lipinski definition) is 1. The molecule has 19 heavy (non-hydrogen) atoms. The molecule has 4 nitrogen and oxygen atoms in total. The van der Waals surface area contributed by atoms with Crippen LogP contribution in [0.1, 0.15) is 52.0 Å². The maximum absolute atomic E-state index is 4.60. The van der Waals surface area contributed by atoms with Crippen molar-refractivity contribution in [1.29, 1.82) is 0 Å². The SMILES string of the molecule is CCCc1c(NCC)ncnc1N(CCC)C1CC1. The number of aromatic nitrogens is 2. The Morgan fingerprint density at radius 3 is 2.58 bits per heavy atom. The Labute approximate surface area is 116 Å². The molecule has 0 spiro atoms. The minimum absolute atomic E-state index is 0.708. The Kier molecular flexibility index (Phi) is 5.00. The van der Waals surface area contributed by atoms with Crippen LogP contribution in [0.3, 0.4) is 0 Å². The van der Waals surface area contributed by atoms with E-state index in [-0.39, 0.29) is 0 Å². The van der Waals surface area contributed by atoms with E-state index in [1.807, 2.05) is 0 Å². The van der Waals surface area contributed by atoms with Crippen LogP contribution in [0.4, 0.5) is 11.6 Å².